The number of nitrogens with zero attached hydrogens (tertiary/aromatic N) is 6. The SMILES string of the molecule is CC[C@H]1CN(c2nc(N)c(C(=O)OC)nc2Cl)CCN1C1CCN(Cc2ccc(Cl)cc2C#N)CC1. The summed E-state index contributed by atoms with van der Waals surface area (Å²) in [5.41, 5.74) is 7.58. The topological polar surface area (TPSA) is 112 Å². The van der Waals surface area contributed by atoms with E-state index in [4.69, 9.17) is 33.7 Å². The molecule has 4 rings (SSSR count). The monoisotopic (exact) mass is 531 g/mol. The van der Waals surface area contributed by atoms with E-state index in [2.05, 4.69) is 37.7 Å². The van der Waals surface area contributed by atoms with Gasteiger partial charge in [-0.2, -0.15) is 5.26 Å². The van der Waals surface area contributed by atoms with E-state index in [0.29, 0.717) is 28.5 Å². The molecule has 2 fully saturated rings. The van der Waals surface area contributed by atoms with Crippen LogP contribution in [0, 0.1) is 11.3 Å². The minimum Gasteiger partial charge on any atom is -0.464 e. The standard InChI is InChI=1S/C25H31Cl2N7O2/c1-3-19-15-33(24-22(27)30-21(23(29)31-24)25(35)36-2)10-11-34(19)20-6-8-32(9-7-20)14-16-4-5-18(26)12-17(16)13-28/h4-5,12,19-20H,3,6-11,14-15H2,1-2H3,(H2,29,31)/t19-/m0/s1. The molecule has 0 aliphatic carbocycles. The third-order valence-electron chi connectivity index (χ3n) is 7.15. The highest BCUT2D eigenvalue weighted by atomic mass is 35.5. The van der Waals surface area contributed by atoms with Crippen LogP contribution in [0.2, 0.25) is 10.2 Å². The van der Waals surface area contributed by atoms with Gasteiger partial charge in [0.25, 0.3) is 0 Å². The number of halogens is 2. The zero-order chi connectivity index (χ0) is 25.8. The van der Waals surface area contributed by atoms with Crippen LogP contribution in [0.5, 0.6) is 0 Å². The lowest BCUT2D eigenvalue weighted by Crippen LogP contribution is -2.58. The zero-order valence-corrected chi connectivity index (χ0v) is 22.1. The molecular formula is C25H31Cl2N7O2. The van der Waals surface area contributed by atoms with Gasteiger partial charge in [-0.3, -0.25) is 9.80 Å². The summed E-state index contributed by atoms with van der Waals surface area (Å²) in [5, 5.41) is 10.2. The first-order valence-corrected chi connectivity index (χ1v) is 12.9. The molecule has 0 saturated carbocycles. The van der Waals surface area contributed by atoms with E-state index < -0.39 is 5.97 Å². The van der Waals surface area contributed by atoms with Gasteiger partial charge in [-0.05, 0) is 50.0 Å². The first-order valence-electron chi connectivity index (χ1n) is 12.2. The van der Waals surface area contributed by atoms with Gasteiger partial charge in [-0.1, -0.05) is 36.2 Å². The highest BCUT2D eigenvalue weighted by Gasteiger charge is 2.34. The molecule has 36 heavy (non-hydrogen) atoms. The molecule has 1 aromatic carbocycles. The molecule has 0 spiro atoms. The van der Waals surface area contributed by atoms with Crippen LogP contribution in [0.25, 0.3) is 0 Å². The average molecular weight is 532 g/mol. The predicted octanol–water partition coefficient (Wildman–Crippen LogP) is 3.59. The Balaban J connectivity index is 1.38. The van der Waals surface area contributed by atoms with Crippen LogP contribution in [0.3, 0.4) is 0 Å². The molecule has 9 nitrogen and oxygen atoms in total. The number of anilines is 2. The number of hydrogen-bond acceptors (Lipinski definition) is 9. The van der Waals surface area contributed by atoms with Crippen molar-refractivity contribution in [2.45, 2.75) is 44.8 Å². The summed E-state index contributed by atoms with van der Waals surface area (Å²) < 4.78 is 4.71. The molecular weight excluding hydrogens is 501 g/mol. The maximum absolute atomic E-state index is 11.9. The Kier molecular flexibility index (Phi) is 8.52. The maximum atomic E-state index is 11.9. The van der Waals surface area contributed by atoms with E-state index in [0.717, 1.165) is 64.1 Å². The second-order valence-electron chi connectivity index (χ2n) is 9.23. The van der Waals surface area contributed by atoms with E-state index in [-0.39, 0.29) is 16.7 Å². The fourth-order valence-electron chi connectivity index (χ4n) is 5.21. The first kappa shape index (κ1) is 26.4. The van der Waals surface area contributed by atoms with Crippen molar-refractivity contribution in [1.29, 1.82) is 5.26 Å². The van der Waals surface area contributed by atoms with Crippen LogP contribution < -0.4 is 10.6 Å². The number of ether oxygens (including phenoxy) is 1. The van der Waals surface area contributed by atoms with E-state index in [1.54, 1.807) is 6.07 Å². The number of carbonyl (C=O) groups is 1. The number of likely N-dealkylation sites (tertiary alicyclic amines) is 1. The number of carbonyl (C=O) groups excluding carboxylic acids is 1. The van der Waals surface area contributed by atoms with Crippen LogP contribution in [-0.4, -0.2) is 77.7 Å². The van der Waals surface area contributed by atoms with Gasteiger partial charge in [0.2, 0.25) is 0 Å². The second kappa shape index (κ2) is 11.6. The van der Waals surface area contributed by atoms with E-state index >= 15 is 0 Å². The number of methoxy groups -OCH3 is 1. The summed E-state index contributed by atoms with van der Waals surface area (Å²) in [5.74, 6) is -0.133. The minimum atomic E-state index is -0.657. The van der Waals surface area contributed by atoms with Crippen molar-refractivity contribution in [3.63, 3.8) is 0 Å². The molecule has 0 amide bonds. The highest BCUT2D eigenvalue weighted by Crippen LogP contribution is 2.30. The molecule has 2 N–H and O–H groups in total. The lowest BCUT2D eigenvalue weighted by Gasteiger charge is -2.47. The van der Waals surface area contributed by atoms with E-state index in [9.17, 15) is 10.1 Å². The second-order valence-corrected chi connectivity index (χ2v) is 10.0. The molecule has 1 atom stereocenters. The van der Waals surface area contributed by atoms with Gasteiger partial charge in [-0.25, -0.2) is 14.8 Å². The van der Waals surface area contributed by atoms with Crippen molar-refractivity contribution in [3.05, 3.63) is 45.2 Å². The number of benzene rings is 1. The van der Waals surface area contributed by atoms with Crippen molar-refractivity contribution in [2.24, 2.45) is 0 Å². The van der Waals surface area contributed by atoms with Crippen molar-refractivity contribution in [2.75, 3.05) is 50.5 Å². The Morgan fingerprint density at radius 1 is 1.22 bits per heavy atom. The lowest BCUT2D eigenvalue weighted by molar-refractivity contribution is 0.0593. The summed E-state index contributed by atoms with van der Waals surface area (Å²) in [4.78, 5) is 27.5. The summed E-state index contributed by atoms with van der Waals surface area (Å²) in [6, 6.07) is 8.65. The van der Waals surface area contributed by atoms with Crippen molar-refractivity contribution < 1.29 is 9.53 Å². The fraction of sp³-hybridized carbons (Fsp3) is 0.520. The number of nitriles is 1. The number of aromatic nitrogens is 2. The summed E-state index contributed by atoms with van der Waals surface area (Å²) in [7, 11) is 1.27. The Morgan fingerprint density at radius 3 is 2.64 bits per heavy atom. The van der Waals surface area contributed by atoms with Crippen molar-refractivity contribution in [1.82, 2.24) is 19.8 Å². The third kappa shape index (κ3) is 5.68. The number of nitrogens with two attached hydrogens (primary N) is 1. The van der Waals surface area contributed by atoms with Crippen LogP contribution in [0.15, 0.2) is 18.2 Å². The highest BCUT2D eigenvalue weighted by molar-refractivity contribution is 6.32. The quantitative estimate of drug-likeness (QED) is 0.558. The molecule has 0 unspecified atom stereocenters. The molecule has 2 aliphatic heterocycles. The molecule has 1 aromatic heterocycles. The van der Waals surface area contributed by atoms with Gasteiger partial charge in [0.1, 0.15) is 0 Å². The Labute approximate surface area is 221 Å². The Morgan fingerprint density at radius 2 is 1.97 bits per heavy atom. The summed E-state index contributed by atoms with van der Waals surface area (Å²) in [6.45, 7) is 7.32. The summed E-state index contributed by atoms with van der Waals surface area (Å²) in [6.07, 6.45) is 3.15. The molecule has 2 aliphatic rings. The van der Waals surface area contributed by atoms with E-state index in [1.165, 1.54) is 7.11 Å². The normalized spacial score (nSPS) is 19.8. The lowest BCUT2D eigenvalue weighted by atomic mass is 9.97. The molecule has 2 saturated heterocycles. The van der Waals surface area contributed by atoms with Gasteiger partial charge in [-0.15, -0.1) is 0 Å². The minimum absolute atomic E-state index is 0.0179. The fourth-order valence-corrected chi connectivity index (χ4v) is 5.63. The smallest absolute Gasteiger partial charge is 0.360 e. The maximum Gasteiger partial charge on any atom is 0.360 e. The Bertz CT molecular complexity index is 1150. The number of hydrogen-bond donors (Lipinski definition) is 1. The van der Waals surface area contributed by atoms with Crippen LogP contribution in [0.1, 0.15) is 47.8 Å². The van der Waals surface area contributed by atoms with Crippen LogP contribution in [-0.2, 0) is 11.3 Å². The van der Waals surface area contributed by atoms with Gasteiger partial charge >= 0.3 is 5.97 Å². The summed E-state index contributed by atoms with van der Waals surface area (Å²) >= 11 is 12.4. The molecule has 0 bridgehead atoms. The molecule has 192 valence electrons. The van der Waals surface area contributed by atoms with Gasteiger partial charge in [0.15, 0.2) is 22.5 Å². The molecule has 0 radical (unpaired) electrons. The van der Waals surface area contributed by atoms with Gasteiger partial charge in [0, 0.05) is 43.3 Å². The predicted molar refractivity (Wildman–Crippen MR) is 140 cm³/mol. The van der Waals surface area contributed by atoms with Crippen LogP contribution in [0.4, 0.5) is 11.6 Å². The zero-order valence-electron chi connectivity index (χ0n) is 20.6. The number of piperidine rings is 1. The molecule has 3 heterocycles. The number of esters is 1. The van der Waals surface area contributed by atoms with Gasteiger partial charge in [0.05, 0.1) is 18.7 Å². The third-order valence-corrected chi connectivity index (χ3v) is 7.64. The first-order chi connectivity index (χ1) is 17.3. The number of rotatable bonds is 6. The number of piperazine rings is 1. The molecule has 2 aromatic rings. The average Bonchev–Trinajstić information content (AvgIpc) is 2.90. The number of nitrogen functional groups attached to an aromatic ring is 1. The molecule has 11 heteroatoms. The van der Waals surface area contributed by atoms with E-state index in [1.807, 2.05) is 12.1 Å². The van der Waals surface area contributed by atoms with Crippen LogP contribution >= 0.6 is 23.2 Å². The van der Waals surface area contributed by atoms with Crippen molar-refractivity contribution in [3.8, 4) is 6.07 Å². The largest absolute Gasteiger partial charge is 0.464 e. The van der Waals surface area contributed by atoms with Gasteiger partial charge < -0.3 is 15.4 Å². The van der Waals surface area contributed by atoms with Crippen molar-refractivity contribution >= 4 is 40.8 Å². The Hall–Kier alpha value is -2.64.